The number of hydrogen-bond donors (Lipinski definition) is 1. The topological polar surface area (TPSA) is 33.1 Å². The molecule has 19 heavy (non-hydrogen) atoms. The Morgan fingerprint density at radius 2 is 2.21 bits per heavy atom. The van der Waals surface area contributed by atoms with Gasteiger partial charge in [0, 0.05) is 43.8 Å². The molecule has 1 aliphatic rings. The highest BCUT2D eigenvalue weighted by atomic mass is 35.5. The van der Waals surface area contributed by atoms with Crippen molar-refractivity contribution in [2.75, 3.05) is 13.1 Å². The van der Waals surface area contributed by atoms with Crippen LogP contribution in [0.4, 0.5) is 0 Å². The maximum atomic E-state index is 6.36. The standard InChI is InChI=1S/C14H25ClN4/c1-6-14(4)9-16-10(2)7-19(14)8-12-11(3)17-18(5)13(12)15/h10,16H,6-9H2,1-5H3. The van der Waals surface area contributed by atoms with Gasteiger partial charge >= 0.3 is 0 Å². The third-order valence-corrected chi connectivity index (χ3v) is 4.94. The highest BCUT2D eigenvalue weighted by Crippen LogP contribution is 2.28. The maximum absolute atomic E-state index is 6.36. The Morgan fingerprint density at radius 1 is 1.53 bits per heavy atom. The summed E-state index contributed by atoms with van der Waals surface area (Å²) in [6, 6.07) is 0.523. The van der Waals surface area contributed by atoms with Gasteiger partial charge < -0.3 is 5.32 Å². The Bertz CT molecular complexity index is 457. The largest absolute Gasteiger partial charge is 0.311 e. The SMILES string of the molecule is CCC1(C)CNC(C)CN1Cc1c(C)nn(C)c1Cl. The molecule has 1 aromatic rings. The molecule has 5 heteroatoms. The van der Waals surface area contributed by atoms with Crippen LogP contribution in [0.2, 0.25) is 5.15 Å². The lowest BCUT2D eigenvalue weighted by atomic mass is 9.92. The average molecular weight is 285 g/mol. The van der Waals surface area contributed by atoms with Crippen molar-refractivity contribution in [1.82, 2.24) is 20.0 Å². The normalized spacial score (nSPS) is 28.8. The van der Waals surface area contributed by atoms with Crippen molar-refractivity contribution in [3.8, 4) is 0 Å². The summed E-state index contributed by atoms with van der Waals surface area (Å²) in [6.07, 6.45) is 1.13. The summed E-state index contributed by atoms with van der Waals surface area (Å²) >= 11 is 6.36. The molecule has 1 saturated heterocycles. The molecule has 1 aliphatic heterocycles. The Balaban J connectivity index is 2.24. The Kier molecular flexibility index (Phi) is 4.23. The molecule has 2 heterocycles. The summed E-state index contributed by atoms with van der Waals surface area (Å²) < 4.78 is 1.77. The van der Waals surface area contributed by atoms with E-state index in [0.29, 0.717) is 6.04 Å². The van der Waals surface area contributed by atoms with Crippen molar-refractivity contribution in [1.29, 1.82) is 0 Å². The quantitative estimate of drug-likeness (QED) is 0.925. The Labute approximate surface area is 121 Å². The van der Waals surface area contributed by atoms with Crippen molar-refractivity contribution in [3.63, 3.8) is 0 Å². The maximum Gasteiger partial charge on any atom is 0.131 e. The molecule has 0 bridgehead atoms. The smallest absolute Gasteiger partial charge is 0.131 e. The number of aromatic nitrogens is 2. The average Bonchev–Trinajstić information content (AvgIpc) is 2.60. The first kappa shape index (κ1) is 14.8. The Hall–Kier alpha value is -0.580. The molecule has 2 atom stereocenters. The van der Waals surface area contributed by atoms with Gasteiger partial charge in [-0.25, -0.2) is 0 Å². The van der Waals surface area contributed by atoms with Gasteiger partial charge in [0.2, 0.25) is 0 Å². The van der Waals surface area contributed by atoms with Crippen LogP contribution in [0.15, 0.2) is 0 Å². The fourth-order valence-electron chi connectivity index (χ4n) is 2.77. The van der Waals surface area contributed by atoms with Crippen molar-refractivity contribution >= 4 is 11.6 Å². The van der Waals surface area contributed by atoms with E-state index in [0.717, 1.165) is 42.5 Å². The van der Waals surface area contributed by atoms with Crippen LogP contribution in [-0.4, -0.2) is 39.4 Å². The molecule has 2 unspecified atom stereocenters. The summed E-state index contributed by atoms with van der Waals surface area (Å²) in [7, 11) is 1.90. The first-order chi connectivity index (χ1) is 8.87. The van der Waals surface area contributed by atoms with Crippen LogP contribution in [0.3, 0.4) is 0 Å². The van der Waals surface area contributed by atoms with Crippen molar-refractivity contribution in [2.45, 2.75) is 52.2 Å². The molecule has 1 N–H and O–H groups in total. The summed E-state index contributed by atoms with van der Waals surface area (Å²) in [5, 5.41) is 8.76. The molecule has 0 amide bonds. The molecule has 1 fully saturated rings. The Morgan fingerprint density at radius 3 is 2.74 bits per heavy atom. The number of nitrogens with one attached hydrogen (secondary N) is 1. The second-order valence-corrected chi connectivity index (χ2v) is 6.35. The van der Waals surface area contributed by atoms with E-state index in [1.54, 1.807) is 4.68 Å². The predicted molar refractivity (Wildman–Crippen MR) is 79.5 cm³/mol. The van der Waals surface area contributed by atoms with E-state index in [9.17, 15) is 0 Å². The highest BCUT2D eigenvalue weighted by Gasteiger charge is 2.35. The number of nitrogens with zero attached hydrogens (tertiary/aromatic N) is 3. The van der Waals surface area contributed by atoms with Gasteiger partial charge in [-0.15, -0.1) is 0 Å². The van der Waals surface area contributed by atoms with Gasteiger partial charge in [0.25, 0.3) is 0 Å². The molecular formula is C14H25ClN4. The fraction of sp³-hybridized carbons (Fsp3) is 0.786. The molecule has 1 aromatic heterocycles. The van der Waals surface area contributed by atoms with Crippen molar-refractivity contribution in [3.05, 3.63) is 16.4 Å². The number of piperazine rings is 1. The lowest BCUT2D eigenvalue weighted by Crippen LogP contribution is -2.61. The van der Waals surface area contributed by atoms with Gasteiger partial charge in [0.15, 0.2) is 0 Å². The molecule has 2 rings (SSSR count). The van der Waals surface area contributed by atoms with Gasteiger partial charge in [-0.1, -0.05) is 18.5 Å². The van der Waals surface area contributed by atoms with Gasteiger partial charge in [-0.2, -0.15) is 5.10 Å². The molecule has 0 spiro atoms. The second-order valence-electron chi connectivity index (χ2n) is 5.99. The predicted octanol–water partition coefficient (Wildman–Crippen LogP) is 2.34. The van der Waals surface area contributed by atoms with E-state index in [2.05, 4.69) is 36.1 Å². The highest BCUT2D eigenvalue weighted by molar-refractivity contribution is 6.30. The van der Waals surface area contributed by atoms with Gasteiger partial charge in [0.1, 0.15) is 5.15 Å². The zero-order chi connectivity index (χ0) is 14.2. The fourth-order valence-corrected chi connectivity index (χ4v) is 3.00. The molecule has 0 aliphatic carbocycles. The first-order valence-electron chi connectivity index (χ1n) is 7.04. The zero-order valence-corrected chi connectivity index (χ0v) is 13.4. The molecule has 0 saturated carbocycles. The van der Waals surface area contributed by atoms with Crippen molar-refractivity contribution < 1.29 is 0 Å². The van der Waals surface area contributed by atoms with E-state index in [1.807, 2.05) is 14.0 Å². The number of halogens is 1. The van der Waals surface area contributed by atoms with Crippen LogP contribution < -0.4 is 5.32 Å². The van der Waals surface area contributed by atoms with E-state index < -0.39 is 0 Å². The number of hydrogen-bond acceptors (Lipinski definition) is 3. The van der Waals surface area contributed by atoms with Crippen LogP contribution >= 0.6 is 11.6 Å². The lowest BCUT2D eigenvalue weighted by molar-refractivity contribution is 0.0452. The third kappa shape index (κ3) is 2.81. The zero-order valence-electron chi connectivity index (χ0n) is 12.6. The molecule has 0 radical (unpaired) electrons. The lowest BCUT2D eigenvalue weighted by Gasteiger charge is -2.47. The second kappa shape index (κ2) is 5.43. The summed E-state index contributed by atoms with van der Waals surface area (Å²) in [5.74, 6) is 0. The van der Waals surface area contributed by atoms with Crippen molar-refractivity contribution in [2.24, 2.45) is 7.05 Å². The van der Waals surface area contributed by atoms with Gasteiger partial charge in [-0.05, 0) is 27.2 Å². The van der Waals surface area contributed by atoms with Crippen LogP contribution in [0.1, 0.15) is 38.4 Å². The summed E-state index contributed by atoms with van der Waals surface area (Å²) in [4.78, 5) is 2.55. The summed E-state index contributed by atoms with van der Waals surface area (Å²) in [6.45, 7) is 11.8. The van der Waals surface area contributed by atoms with Crippen LogP contribution in [0.25, 0.3) is 0 Å². The van der Waals surface area contributed by atoms with E-state index in [-0.39, 0.29) is 5.54 Å². The number of rotatable bonds is 3. The van der Waals surface area contributed by atoms with Crippen LogP contribution in [0.5, 0.6) is 0 Å². The summed E-state index contributed by atoms with van der Waals surface area (Å²) in [5.41, 5.74) is 2.40. The van der Waals surface area contributed by atoms with E-state index in [1.165, 1.54) is 0 Å². The molecule has 108 valence electrons. The van der Waals surface area contributed by atoms with Crippen LogP contribution in [0, 0.1) is 6.92 Å². The third-order valence-electron chi connectivity index (χ3n) is 4.47. The minimum Gasteiger partial charge on any atom is -0.311 e. The van der Waals surface area contributed by atoms with Gasteiger partial charge in [0.05, 0.1) is 5.69 Å². The van der Waals surface area contributed by atoms with Crippen LogP contribution in [-0.2, 0) is 13.6 Å². The van der Waals surface area contributed by atoms with E-state index in [4.69, 9.17) is 11.6 Å². The minimum atomic E-state index is 0.193. The number of aryl methyl sites for hydroxylation is 2. The molecular weight excluding hydrogens is 260 g/mol. The minimum absolute atomic E-state index is 0.193. The first-order valence-corrected chi connectivity index (χ1v) is 7.41. The van der Waals surface area contributed by atoms with Gasteiger partial charge in [-0.3, -0.25) is 9.58 Å². The monoisotopic (exact) mass is 284 g/mol. The molecule has 0 aromatic carbocycles. The van der Waals surface area contributed by atoms with E-state index >= 15 is 0 Å². The molecule has 4 nitrogen and oxygen atoms in total.